The highest BCUT2D eigenvalue weighted by Gasteiger charge is 2.19. The maximum atomic E-state index is 5.76. The van der Waals surface area contributed by atoms with Crippen LogP contribution in [0, 0.1) is 0 Å². The van der Waals surface area contributed by atoms with E-state index in [-0.39, 0.29) is 6.04 Å². The molecule has 1 atom stereocenters. The Labute approximate surface area is 110 Å². The molecule has 0 fully saturated rings. The normalized spacial score (nSPS) is 13.0. The third kappa shape index (κ3) is 3.98. The van der Waals surface area contributed by atoms with E-state index in [2.05, 4.69) is 48.1 Å². The molecule has 1 N–H and O–H groups in total. The number of hydrogen-bond acceptors (Lipinski definition) is 5. The summed E-state index contributed by atoms with van der Waals surface area (Å²) in [7, 11) is 0. The third-order valence-electron chi connectivity index (χ3n) is 2.83. The Morgan fingerprint density at radius 3 is 2.44 bits per heavy atom. The standard InChI is InChI=1S/C13H26N4O/c1-6-8-14-11(5)12-15-16-13(18-12)17(9-7-2)10(3)4/h10-11,14H,6-9H2,1-5H3. The molecule has 0 saturated carbocycles. The van der Waals surface area contributed by atoms with Crippen molar-refractivity contribution in [2.45, 2.75) is 59.5 Å². The van der Waals surface area contributed by atoms with Crippen LogP contribution in [0.3, 0.4) is 0 Å². The summed E-state index contributed by atoms with van der Waals surface area (Å²) in [5, 5.41) is 11.6. The van der Waals surface area contributed by atoms with E-state index in [9.17, 15) is 0 Å². The highest BCUT2D eigenvalue weighted by atomic mass is 16.4. The zero-order chi connectivity index (χ0) is 13.5. The summed E-state index contributed by atoms with van der Waals surface area (Å²) >= 11 is 0. The van der Waals surface area contributed by atoms with Gasteiger partial charge in [-0.15, -0.1) is 5.10 Å². The van der Waals surface area contributed by atoms with Gasteiger partial charge < -0.3 is 14.6 Å². The van der Waals surface area contributed by atoms with Crippen LogP contribution in [0.1, 0.15) is 59.4 Å². The van der Waals surface area contributed by atoms with Gasteiger partial charge in [-0.25, -0.2) is 0 Å². The van der Waals surface area contributed by atoms with E-state index in [1.807, 2.05) is 6.92 Å². The summed E-state index contributed by atoms with van der Waals surface area (Å²) in [6, 6.07) is 1.12. The van der Waals surface area contributed by atoms with Crippen LogP contribution in [0.5, 0.6) is 0 Å². The fraction of sp³-hybridized carbons (Fsp3) is 0.846. The second kappa shape index (κ2) is 7.36. The Hall–Kier alpha value is -1.10. The second-order valence-corrected chi connectivity index (χ2v) is 4.89. The topological polar surface area (TPSA) is 54.2 Å². The number of nitrogens with zero attached hydrogens (tertiary/aromatic N) is 3. The fourth-order valence-corrected chi connectivity index (χ4v) is 1.78. The van der Waals surface area contributed by atoms with E-state index < -0.39 is 0 Å². The van der Waals surface area contributed by atoms with Crippen LogP contribution in [0.4, 0.5) is 6.01 Å². The van der Waals surface area contributed by atoms with E-state index in [1.54, 1.807) is 0 Å². The molecule has 0 amide bonds. The molecular formula is C13H26N4O. The summed E-state index contributed by atoms with van der Waals surface area (Å²) in [5.74, 6) is 0.667. The predicted molar refractivity (Wildman–Crippen MR) is 73.8 cm³/mol. The van der Waals surface area contributed by atoms with Crippen molar-refractivity contribution < 1.29 is 4.42 Å². The molecule has 0 aliphatic rings. The number of hydrogen-bond donors (Lipinski definition) is 1. The first-order valence-corrected chi connectivity index (χ1v) is 6.93. The van der Waals surface area contributed by atoms with Gasteiger partial charge in [-0.2, -0.15) is 0 Å². The lowest BCUT2D eigenvalue weighted by atomic mass is 10.3. The quantitative estimate of drug-likeness (QED) is 0.773. The molecule has 0 bridgehead atoms. The van der Waals surface area contributed by atoms with E-state index in [1.165, 1.54) is 0 Å². The summed E-state index contributed by atoms with van der Waals surface area (Å²) in [6.07, 6.45) is 2.17. The predicted octanol–water partition coefficient (Wildman–Crippen LogP) is 2.76. The summed E-state index contributed by atoms with van der Waals surface area (Å²) in [6.45, 7) is 12.5. The van der Waals surface area contributed by atoms with E-state index in [0.29, 0.717) is 17.9 Å². The summed E-state index contributed by atoms with van der Waals surface area (Å²) in [4.78, 5) is 2.14. The minimum atomic E-state index is 0.113. The molecule has 0 aliphatic heterocycles. The molecule has 5 heteroatoms. The van der Waals surface area contributed by atoms with Crippen molar-refractivity contribution in [3.05, 3.63) is 5.89 Å². The molecule has 0 spiro atoms. The Morgan fingerprint density at radius 1 is 1.17 bits per heavy atom. The molecule has 104 valence electrons. The minimum Gasteiger partial charge on any atom is -0.406 e. The van der Waals surface area contributed by atoms with Gasteiger partial charge in [-0.1, -0.05) is 18.9 Å². The average molecular weight is 254 g/mol. The molecule has 1 aromatic rings. The molecule has 18 heavy (non-hydrogen) atoms. The maximum absolute atomic E-state index is 5.76. The molecule has 0 radical (unpaired) electrons. The summed E-state index contributed by atoms with van der Waals surface area (Å²) < 4.78 is 5.76. The largest absolute Gasteiger partial charge is 0.406 e. The molecule has 1 aromatic heterocycles. The smallest absolute Gasteiger partial charge is 0.318 e. The van der Waals surface area contributed by atoms with Crippen LogP contribution >= 0.6 is 0 Å². The number of nitrogens with one attached hydrogen (secondary N) is 1. The van der Waals surface area contributed by atoms with Crippen LogP contribution in [-0.2, 0) is 0 Å². The van der Waals surface area contributed by atoms with Gasteiger partial charge in [0, 0.05) is 12.6 Å². The number of anilines is 1. The van der Waals surface area contributed by atoms with E-state index >= 15 is 0 Å². The van der Waals surface area contributed by atoms with Crippen LogP contribution in [-0.4, -0.2) is 29.3 Å². The summed E-state index contributed by atoms with van der Waals surface area (Å²) in [5.41, 5.74) is 0. The molecule has 5 nitrogen and oxygen atoms in total. The molecule has 0 saturated heterocycles. The van der Waals surface area contributed by atoms with Crippen molar-refractivity contribution in [1.82, 2.24) is 15.5 Å². The van der Waals surface area contributed by atoms with Gasteiger partial charge in [0.2, 0.25) is 5.89 Å². The van der Waals surface area contributed by atoms with Gasteiger partial charge in [0.1, 0.15) is 0 Å². The third-order valence-corrected chi connectivity index (χ3v) is 2.83. The van der Waals surface area contributed by atoms with Gasteiger partial charge in [-0.05, 0) is 40.2 Å². The zero-order valence-corrected chi connectivity index (χ0v) is 12.2. The van der Waals surface area contributed by atoms with Gasteiger partial charge in [0.15, 0.2) is 0 Å². The van der Waals surface area contributed by atoms with Crippen molar-refractivity contribution in [3.8, 4) is 0 Å². The van der Waals surface area contributed by atoms with Gasteiger partial charge in [0.25, 0.3) is 0 Å². The molecule has 0 aliphatic carbocycles. The number of rotatable bonds is 8. The lowest BCUT2D eigenvalue weighted by Gasteiger charge is -2.23. The van der Waals surface area contributed by atoms with Gasteiger partial charge in [0.05, 0.1) is 6.04 Å². The van der Waals surface area contributed by atoms with Crippen molar-refractivity contribution in [2.24, 2.45) is 0 Å². The molecule has 1 rings (SSSR count). The minimum absolute atomic E-state index is 0.113. The maximum Gasteiger partial charge on any atom is 0.318 e. The average Bonchev–Trinajstić information content (AvgIpc) is 2.81. The van der Waals surface area contributed by atoms with E-state index in [4.69, 9.17) is 4.42 Å². The van der Waals surface area contributed by atoms with Crippen LogP contribution in [0.15, 0.2) is 4.42 Å². The Bertz CT molecular complexity index is 337. The number of aromatic nitrogens is 2. The van der Waals surface area contributed by atoms with Crippen molar-refractivity contribution in [2.75, 3.05) is 18.0 Å². The Morgan fingerprint density at radius 2 is 1.89 bits per heavy atom. The first-order valence-electron chi connectivity index (χ1n) is 6.93. The highest BCUT2D eigenvalue weighted by molar-refractivity contribution is 5.25. The molecule has 1 unspecified atom stereocenters. The highest BCUT2D eigenvalue weighted by Crippen LogP contribution is 2.19. The fourth-order valence-electron chi connectivity index (χ4n) is 1.78. The van der Waals surface area contributed by atoms with Gasteiger partial charge in [-0.3, -0.25) is 0 Å². The van der Waals surface area contributed by atoms with Crippen molar-refractivity contribution in [3.63, 3.8) is 0 Å². The SMILES string of the molecule is CCCNC(C)c1nnc(N(CCC)C(C)C)o1. The Kier molecular flexibility index (Phi) is 6.12. The molecular weight excluding hydrogens is 228 g/mol. The van der Waals surface area contributed by atoms with Gasteiger partial charge >= 0.3 is 6.01 Å². The van der Waals surface area contributed by atoms with Crippen LogP contribution in [0.25, 0.3) is 0 Å². The lowest BCUT2D eigenvalue weighted by molar-refractivity contribution is 0.409. The van der Waals surface area contributed by atoms with E-state index in [0.717, 1.165) is 25.9 Å². The Balaban J connectivity index is 2.71. The molecule has 1 heterocycles. The second-order valence-electron chi connectivity index (χ2n) is 4.89. The van der Waals surface area contributed by atoms with Crippen LogP contribution < -0.4 is 10.2 Å². The lowest BCUT2D eigenvalue weighted by Crippen LogP contribution is -2.31. The first kappa shape index (κ1) is 15.0. The molecule has 0 aromatic carbocycles. The monoisotopic (exact) mass is 254 g/mol. The van der Waals surface area contributed by atoms with Crippen LogP contribution in [0.2, 0.25) is 0 Å². The van der Waals surface area contributed by atoms with Crippen molar-refractivity contribution in [1.29, 1.82) is 0 Å². The van der Waals surface area contributed by atoms with Crippen molar-refractivity contribution >= 4 is 6.01 Å². The zero-order valence-electron chi connectivity index (χ0n) is 12.2. The first-order chi connectivity index (χ1) is 8.60.